The quantitative estimate of drug-likeness (QED) is 0.483. The minimum atomic E-state index is -4.11. The molecule has 0 saturated carbocycles. The van der Waals surface area contributed by atoms with Crippen LogP contribution in [0.5, 0.6) is 0 Å². The van der Waals surface area contributed by atoms with Gasteiger partial charge in [-0.2, -0.15) is 6.49 Å². The summed E-state index contributed by atoms with van der Waals surface area (Å²) in [6, 6.07) is 10.9. The predicted octanol–water partition coefficient (Wildman–Crippen LogP) is 1.48. The number of nitrogens with zero attached hydrogens (tertiary/aromatic N) is 1. The number of rotatable bonds is 4. The van der Waals surface area contributed by atoms with Gasteiger partial charge in [-0.05, 0) is 40.5 Å². The average molecular weight is 321 g/mol. The van der Waals surface area contributed by atoms with Crippen LogP contribution in [0.4, 0.5) is 5.69 Å². The van der Waals surface area contributed by atoms with Crippen molar-refractivity contribution in [2.75, 3.05) is 0 Å². The van der Waals surface area contributed by atoms with Crippen molar-refractivity contribution < 1.29 is 14.7 Å². The molecule has 0 N–H and O–H groups in total. The second kappa shape index (κ2) is 6.03. The van der Waals surface area contributed by atoms with Gasteiger partial charge in [0.2, 0.25) is 0 Å². The van der Waals surface area contributed by atoms with Crippen molar-refractivity contribution in [2.45, 2.75) is 13.3 Å². The van der Waals surface area contributed by atoms with Gasteiger partial charge >= 0.3 is 0 Å². The third-order valence-corrected chi connectivity index (χ3v) is 4.79. The van der Waals surface area contributed by atoms with E-state index in [0.717, 1.165) is 0 Å². The Hall–Kier alpha value is -1.59. The molecule has 0 fully saturated rings. The Morgan fingerprint density at radius 1 is 1.14 bits per heavy atom. The first-order valence-electron chi connectivity index (χ1n) is 6.24. The van der Waals surface area contributed by atoms with E-state index in [9.17, 15) is 19.9 Å². The summed E-state index contributed by atoms with van der Waals surface area (Å²) in [5.74, 6) is 0. The molecule has 0 amide bonds. The Morgan fingerprint density at radius 2 is 1.76 bits per heavy atom. The minimum Gasteiger partial charge on any atom is -0.829 e. The summed E-state index contributed by atoms with van der Waals surface area (Å²) >= 11 is 4.65. The van der Waals surface area contributed by atoms with Gasteiger partial charge in [0, 0.05) is 12.1 Å². The lowest BCUT2D eigenvalue weighted by Crippen LogP contribution is -2.28. The van der Waals surface area contributed by atoms with E-state index in [1.165, 1.54) is 24.3 Å². The molecule has 7 heteroatoms. The number of nitro benzene ring substituents is 1. The van der Waals surface area contributed by atoms with E-state index < -0.39 is 11.4 Å². The molecule has 2 rings (SSSR count). The highest BCUT2D eigenvalue weighted by Crippen LogP contribution is 2.33. The van der Waals surface area contributed by atoms with E-state index in [1.54, 1.807) is 18.2 Å². The third-order valence-electron chi connectivity index (χ3n) is 3.16. The fourth-order valence-corrected chi connectivity index (χ4v) is 3.93. The zero-order chi connectivity index (χ0) is 15.6. The summed E-state index contributed by atoms with van der Waals surface area (Å²) in [6.07, 6.45) is 0.541. The van der Waals surface area contributed by atoms with Gasteiger partial charge in [-0.3, -0.25) is 10.1 Å². The highest BCUT2D eigenvalue weighted by molar-refractivity contribution is 8.11. The lowest BCUT2D eigenvalue weighted by Gasteiger charge is -2.39. The van der Waals surface area contributed by atoms with Crippen LogP contribution in [0, 0.1) is 10.1 Å². The van der Waals surface area contributed by atoms with Crippen LogP contribution in [0.2, 0.25) is 0 Å². The molecule has 0 atom stereocenters. The van der Waals surface area contributed by atoms with Gasteiger partial charge in [0.15, 0.2) is 0 Å². The number of benzene rings is 2. The van der Waals surface area contributed by atoms with E-state index in [2.05, 4.69) is 11.8 Å². The Bertz CT molecular complexity index is 724. The van der Waals surface area contributed by atoms with Crippen LogP contribution in [-0.4, -0.2) is 4.92 Å². The summed E-state index contributed by atoms with van der Waals surface area (Å²) in [7, 11) is 0. The normalized spacial score (nSPS) is 11.4. The summed E-state index contributed by atoms with van der Waals surface area (Å²) in [5.41, 5.74) is 1.68. The van der Waals surface area contributed by atoms with Crippen molar-refractivity contribution in [3.05, 3.63) is 58.1 Å². The molecule has 2 aromatic rings. The molecule has 0 bridgehead atoms. The number of non-ortho nitro benzene ring substituents is 1. The Kier molecular flexibility index (Phi) is 4.54. The molecule has 110 valence electrons. The summed E-state index contributed by atoms with van der Waals surface area (Å²) < 4.78 is 0. The molecule has 21 heavy (non-hydrogen) atoms. The van der Waals surface area contributed by atoms with Crippen LogP contribution >= 0.6 is 6.49 Å². The number of nitro groups is 1. The molecule has 0 aromatic heterocycles. The molecule has 0 spiro atoms. The molecule has 0 saturated heterocycles. The molecule has 2 aromatic carbocycles. The van der Waals surface area contributed by atoms with Crippen molar-refractivity contribution >= 4 is 29.3 Å². The second-order valence-corrected chi connectivity index (χ2v) is 7.35. The largest absolute Gasteiger partial charge is 0.829 e. The first-order valence-corrected chi connectivity index (χ1v) is 8.87. The molecule has 0 heterocycles. The van der Waals surface area contributed by atoms with Crippen molar-refractivity contribution in [3.63, 3.8) is 0 Å². The number of hydrogen-bond acceptors (Lipinski definition) is 5. The molecule has 0 aliphatic carbocycles. The van der Waals surface area contributed by atoms with E-state index >= 15 is 0 Å². The Balaban J connectivity index is 2.63. The Labute approximate surface area is 127 Å². The van der Waals surface area contributed by atoms with Crippen LogP contribution in [-0.2, 0) is 18.2 Å². The van der Waals surface area contributed by atoms with Crippen molar-refractivity contribution in [1.82, 2.24) is 0 Å². The zero-order valence-corrected chi connectivity index (χ0v) is 12.9. The number of aryl methyl sites for hydroxylation is 1. The fraction of sp³-hybridized carbons (Fsp3) is 0.143. The van der Waals surface area contributed by atoms with E-state index in [1.807, 2.05) is 6.92 Å². The first kappa shape index (κ1) is 15.8. The first-order chi connectivity index (χ1) is 9.84. The van der Waals surface area contributed by atoms with Crippen LogP contribution in [0.3, 0.4) is 0 Å². The fourth-order valence-electron chi connectivity index (χ4n) is 2.20. The highest BCUT2D eigenvalue weighted by atomic mass is 32.5. The van der Waals surface area contributed by atoms with Gasteiger partial charge < -0.3 is 9.79 Å². The summed E-state index contributed by atoms with van der Waals surface area (Å²) in [6.45, 7) is -2.26. The molecule has 5 nitrogen and oxygen atoms in total. The Morgan fingerprint density at radius 3 is 2.24 bits per heavy atom. The van der Waals surface area contributed by atoms with Crippen LogP contribution in [0.25, 0.3) is 11.1 Å². The van der Waals surface area contributed by atoms with Gasteiger partial charge in [-0.25, -0.2) is 0 Å². The topological polar surface area (TPSA) is 89.3 Å². The average Bonchev–Trinajstić information content (AvgIpc) is 2.45. The van der Waals surface area contributed by atoms with Gasteiger partial charge in [0.25, 0.3) is 5.69 Å². The lowest BCUT2D eigenvalue weighted by atomic mass is 10.0. The highest BCUT2D eigenvalue weighted by Gasteiger charge is 2.11. The maximum absolute atomic E-state index is 11.9. The molecule has 0 unspecified atom stereocenters. The van der Waals surface area contributed by atoms with E-state index in [0.29, 0.717) is 23.1 Å². The summed E-state index contributed by atoms with van der Waals surface area (Å²) in [5, 5.41) is 10.8. The van der Waals surface area contributed by atoms with Gasteiger partial charge in [0.05, 0.1) is 4.92 Å². The maximum Gasteiger partial charge on any atom is 0.269 e. The van der Waals surface area contributed by atoms with Gasteiger partial charge in [-0.15, -0.1) is 11.8 Å². The lowest BCUT2D eigenvalue weighted by molar-refractivity contribution is -0.384. The van der Waals surface area contributed by atoms with Crippen molar-refractivity contribution in [3.8, 4) is 11.1 Å². The summed E-state index contributed by atoms with van der Waals surface area (Å²) in [4.78, 5) is 34.0. The second-order valence-electron chi connectivity index (χ2n) is 4.47. The minimum absolute atomic E-state index is 0.0457. The molecular formula is C14H12NO4PS-2. The van der Waals surface area contributed by atoms with Crippen LogP contribution in [0.1, 0.15) is 12.5 Å². The molecule has 0 radical (unpaired) electrons. The van der Waals surface area contributed by atoms with Crippen molar-refractivity contribution in [2.24, 2.45) is 0 Å². The maximum atomic E-state index is 11.9. The number of hydrogen-bond donors (Lipinski definition) is 0. The van der Waals surface area contributed by atoms with Crippen LogP contribution < -0.4 is 15.1 Å². The molecule has 0 aliphatic heterocycles. The third kappa shape index (κ3) is 3.36. The van der Waals surface area contributed by atoms with Gasteiger partial charge in [0.1, 0.15) is 0 Å². The van der Waals surface area contributed by atoms with Gasteiger partial charge in [-0.1, -0.05) is 25.1 Å². The molecular weight excluding hydrogens is 309 g/mol. The van der Waals surface area contributed by atoms with Crippen LogP contribution in [0.15, 0.2) is 42.5 Å². The van der Waals surface area contributed by atoms with Crippen molar-refractivity contribution in [1.29, 1.82) is 0 Å². The molecule has 0 aliphatic rings. The van der Waals surface area contributed by atoms with E-state index in [4.69, 9.17) is 0 Å². The predicted molar refractivity (Wildman–Crippen MR) is 81.8 cm³/mol. The smallest absolute Gasteiger partial charge is 0.269 e. The standard InChI is InChI=1S/C14H14NO4PS/c1-2-10-4-3-5-13(14(10)20(18,19)21)11-6-8-12(9-7-11)15(16)17/h3-9H,2H2,1H3,(H2,18,19,21)/p-2. The zero-order valence-electron chi connectivity index (χ0n) is 11.2. The SMILES string of the molecule is CCc1cccc(-c2ccc([N+](=O)[O-])cc2)c1P([O-])([O-])=S. The monoisotopic (exact) mass is 321 g/mol. The van der Waals surface area contributed by atoms with E-state index in [-0.39, 0.29) is 11.0 Å².